The van der Waals surface area contributed by atoms with E-state index in [1.54, 1.807) is 12.4 Å². The maximum atomic E-state index is 4.10. The van der Waals surface area contributed by atoms with Gasteiger partial charge in [-0.3, -0.25) is 0 Å². The van der Waals surface area contributed by atoms with Crippen LogP contribution in [0.5, 0.6) is 0 Å². The van der Waals surface area contributed by atoms with Crippen molar-refractivity contribution in [2.45, 2.75) is 26.7 Å². The van der Waals surface area contributed by atoms with Crippen LogP contribution in [0.1, 0.15) is 35.6 Å². The maximum absolute atomic E-state index is 4.10. The molecule has 22 heavy (non-hydrogen) atoms. The van der Waals surface area contributed by atoms with E-state index in [1.807, 2.05) is 12.1 Å². The molecule has 0 atom stereocenters. The molecule has 0 radical (unpaired) electrons. The maximum Gasteiger partial charge on any atom is 0.0568 e. The molecule has 2 heteroatoms. The summed E-state index contributed by atoms with van der Waals surface area (Å²) in [6.45, 7) is 4.12. The molecule has 2 nitrogen and oxygen atoms in total. The van der Waals surface area contributed by atoms with Gasteiger partial charge in [-0.2, -0.15) is 10.2 Å². The van der Waals surface area contributed by atoms with Gasteiger partial charge in [0.1, 0.15) is 0 Å². The molecule has 0 spiro atoms. The summed E-state index contributed by atoms with van der Waals surface area (Å²) in [7, 11) is 0. The van der Waals surface area contributed by atoms with Crippen molar-refractivity contribution >= 4 is 12.4 Å². The van der Waals surface area contributed by atoms with Crippen LogP contribution in [-0.2, 0) is 6.42 Å². The van der Waals surface area contributed by atoms with Crippen LogP contribution in [0.3, 0.4) is 0 Å². The lowest BCUT2D eigenvalue weighted by Crippen LogP contribution is -1.86. The first-order valence-corrected chi connectivity index (χ1v) is 7.61. The van der Waals surface area contributed by atoms with Crippen LogP contribution in [0.15, 0.2) is 70.9 Å². The van der Waals surface area contributed by atoms with Gasteiger partial charge in [0.2, 0.25) is 0 Å². The number of hydrogen-bond donors (Lipinski definition) is 0. The summed E-state index contributed by atoms with van der Waals surface area (Å²) in [6, 6.07) is 16.7. The highest BCUT2D eigenvalue weighted by molar-refractivity contribution is 5.82. The smallest absolute Gasteiger partial charge is 0.0568 e. The molecule has 0 aliphatic carbocycles. The van der Waals surface area contributed by atoms with Crippen molar-refractivity contribution < 1.29 is 0 Å². The summed E-state index contributed by atoms with van der Waals surface area (Å²) in [4.78, 5) is 0. The average Bonchev–Trinajstić information content (AvgIpc) is 2.55. The Morgan fingerprint density at radius 2 is 1.36 bits per heavy atom. The molecule has 0 aromatic heterocycles. The second-order valence-electron chi connectivity index (χ2n) is 5.25. The number of hydrogen-bond acceptors (Lipinski definition) is 2. The van der Waals surface area contributed by atoms with Gasteiger partial charge in [0.25, 0.3) is 0 Å². The zero-order chi connectivity index (χ0) is 15.6. The second-order valence-corrected chi connectivity index (χ2v) is 5.25. The second kappa shape index (κ2) is 8.73. The summed E-state index contributed by atoms with van der Waals surface area (Å²) >= 11 is 0. The van der Waals surface area contributed by atoms with Crippen LogP contribution in [0.4, 0.5) is 0 Å². The van der Waals surface area contributed by atoms with Gasteiger partial charge in [-0.15, -0.1) is 0 Å². The van der Waals surface area contributed by atoms with Crippen LogP contribution in [-0.4, -0.2) is 12.4 Å². The van der Waals surface area contributed by atoms with Gasteiger partial charge in [-0.05, 0) is 43.4 Å². The van der Waals surface area contributed by atoms with Gasteiger partial charge < -0.3 is 0 Å². The molecular weight excluding hydrogens is 268 g/mol. The van der Waals surface area contributed by atoms with Crippen molar-refractivity contribution in [1.29, 1.82) is 0 Å². The summed E-state index contributed by atoms with van der Waals surface area (Å²) in [5.41, 5.74) is 4.71. The van der Waals surface area contributed by atoms with E-state index < -0.39 is 0 Å². The highest BCUT2D eigenvalue weighted by Gasteiger charge is 1.92. The Bertz CT molecular complexity index is 647. The van der Waals surface area contributed by atoms with E-state index >= 15 is 0 Å². The Morgan fingerprint density at radius 1 is 0.818 bits per heavy atom. The molecule has 0 saturated heterocycles. The average molecular weight is 290 g/mol. The van der Waals surface area contributed by atoms with Crippen molar-refractivity contribution in [2.24, 2.45) is 10.2 Å². The van der Waals surface area contributed by atoms with Crippen molar-refractivity contribution in [3.8, 4) is 0 Å². The number of nitrogens with zero attached hydrogens (tertiary/aromatic N) is 2. The molecular formula is C20H22N2. The van der Waals surface area contributed by atoms with E-state index in [2.05, 4.69) is 72.6 Å². The lowest BCUT2D eigenvalue weighted by Gasteiger charge is -1.98. The minimum absolute atomic E-state index is 1.06. The zero-order valence-electron chi connectivity index (χ0n) is 13.2. The van der Waals surface area contributed by atoms with E-state index in [-0.39, 0.29) is 0 Å². The summed E-state index contributed by atoms with van der Waals surface area (Å²) < 4.78 is 0. The van der Waals surface area contributed by atoms with E-state index in [0.717, 1.165) is 24.0 Å². The normalized spacial score (nSPS) is 11.9. The SMILES string of the molecule is CC=CCCc1ccc(C=NN=Cc2ccc(C)cc2)cc1. The Morgan fingerprint density at radius 3 is 1.91 bits per heavy atom. The number of allylic oxidation sites excluding steroid dienone is 2. The third-order valence-corrected chi connectivity index (χ3v) is 3.37. The molecule has 0 aliphatic rings. The lowest BCUT2D eigenvalue weighted by molar-refractivity contribution is 0.999. The molecule has 2 rings (SSSR count). The number of aryl methyl sites for hydroxylation is 2. The van der Waals surface area contributed by atoms with Crippen molar-refractivity contribution in [3.05, 3.63) is 82.9 Å². The molecule has 2 aromatic rings. The first kappa shape index (κ1) is 15.9. The van der Waals surface area contributed by atoms with Crippen molar-refractivity contribution in [1.82, 2.24) is 0 Å². The fourth-order valence-corrected chi connectivity index (χ4v) is 2.04. The fraction of sp³-hybridized carbons (Fsp3) is 0.200. The predicted molar refractivity (Wildman–Crippen MR) is 95.9 cm³/mol. The van der Waals surface area contributed by atoms with Crippen LogP contribution in [0, 0.1) is 6.92 Å². The lowest BCUT2D eigenvalue weighted by atomic mass is 10.1. The molecule has 112 valence electrons. The predicted octanol–water partition coefficient (Wildman–Crippen LogP) is 4.96. The highest BCUT2D eigenvalue weighted by atomic mass is 15.2. The molecule has 0 fully saturated rings. The van der Waals surface area contributed by atoms with Crippen LogP contribution in [0.25, 0.3) is 0 Å². The molecule has 0 unspecified atom stereocenters. The Kier molecular flexibility index (Phi) is 6.31. The van der Waals surface area contributed by atoms with Gasteiger partial charge in [-0.25, -0.2) is 0 Å². The summed E-state index contributed by atoms with van der Waals surface area (Å²) in [5, 5.41) is 8.18. The van der Waals surface area contributed by atoms with Gasteiger partial charge in [0.05, 0.1) is 12.4 Å². The van der Waals surface area contributed by atoms with Gasteiger partial charge in [0, 0.05) is 0 Å². The standard InChI is InChI=1S/C20H22N2/c1-3-4-5-6-18-11-13-20(14-12-18)16-22-21-15-19-9-7-17(2)8-10-19/h3-4,7-16H,5-6H2,1-2H3. The minimum atomic E-state index is 1.06. The van der Waals surface area contributed by atoms with Crippen LogP contribution < -0.4 is 0 Å². The van der Waals surface area contributed by atoms with E-state index in [0.29, 0.717) is 0 Å². The van der Waals surface area contributed by atoms with E-state index in [9.17, 15) is 0 Å². The van der Waals surface area contributed by atoms with Crippen molar-refractivity contribution in [3.63, 3.8) is 0 Å². The first-order chi connectivity index (χ1) is 10.8. The minimum Gasteiger partial charge on any atom is -0.159 e. The molecule has 0 amide bonds. The third kappa shape index (κ3) is 5.49. The van der Waals surface area contributed by atoms with Gasteiger partial charge >= 0.3 is 0 Å². The van der Waals surface area contributed by atoms with Gasteiger partial charge in [0.15, 0.2) is 0 Å². The molecule has 0 N–H and O–H groups in total. The molecule has 0 heterocycles. The topological polar surface area (TPSA) is 24.7 Å². The number of benzene rings is 2. The summed E-state index contributed by atoms with van der Waals surface area (Å²) in [6.07, 6.45) is 9.99. The molecule has 0 aliphatic heterocycles. The largest absolute Gasteiger partial charge is 0.159 e. The van der Waals surface area contributed by atoms with Crippen molar-refractivity contribution in [2.75, 3.05) is 0 Å². The fourth-order valence-electron chi connectivity index (χ4n) is 2.04. The van der Waals surface area contributed by atoms with Crippen LogP contribution in [0.2, 0.25) is 0 Å². The zero-order valence-corrected chi connectivity index (χ0v) is 13.2. The molecule has 0 saturated carbocycles. The summed E-state index contributed by atoms with van der Waals surface area (Å²) in [5.74, 6) is 0. The van der Waals surface area contributed by atoms with Crippen LogP contribution >= 0.6 is 0 Å². The van der Waals surface area contributed by atoms with E-state index in [4.69, 9.17) is 0 Å². The Hall–Kier alpha value is -2.48. The third-order valence-electron chi connectivity index (χ3n) is 3.37. The highest BCUT2D eigenvalue weighted by Crippen LogP contribution is 2.06. The molecule has 0 bridgehead atoms. The number of rotatable bonds is 6. The Labute approximate surface area is 132 Å². The van der Waals surface area contributed by atoms with Gasteiger partial charge in [-0.1, -0.05) is 66.2 Å². The molecule has 2 aromatic carbocycles. The first-order valence-electron chi connectivity index (χ1n) is 7.61. The monoisotopic (exact) mass is 290 g/mol. The Balaban J connectivity index is 1.88. The quantitative estimate of drug-likeness (QED) is 0.408. The van der Waals surface area contributed by atoms with E-state index in [1.165, 1.54) is 11.1 Å².